The molecule has 0 aromatic heterocycles. The van der Waals surface area contributed by atoms with Gasteiger partial charge in [-0.25, -0.2) is 0 Å². The van der Waals surface area contributed by atoms with E-state index in [1.54, 1.807) is 0 Å². The Morgan fingerprint density at radius 1 is 1.21 bits per heavy atom. The van der Waals surface area contributed by atoms with Crippen LogP contribution in [0.2, 0.25) is 10.0 Å². The molecule has 0 aliphatic rings. The summed E-state index contributed by atoms with van der Waals surface area (Å²) < 4.78 is 5.44. The zero-order valence-electron chi connectivity index (χ0n) is 10.6. The second-order valence-corrected chi connectivity index (χ2v) is 5.07. The molecule has 0 atom stereocenters. The van der Waals surface area contributed by atoms with Gasteiger partial charge in [0.2, 0.25) is 0 Å². The minimum Gasteiger partial charge on any atom is -0.488 e. The molecule has 0 saturated heterocycles. The predicted octanol–water partition coefficient (Wildman–Crippen LogP) is 3.83. The van der Waals surface area contributed by atoms with E-state index in [-0.39, 0.29) is 40.3 Å². The van der Waals surface area contributed by atoms with Crippen LogP contribution in [0.4, 0.5) is 0 Å². The quantitative estimate of drug-likeness (QED) is 0.811. The molecular formula is C13H14Cl2O4. The third kappa shape index (κ3) is 4.73. The highest BCUT2D eigenvalue weighted by Gasteiger charge is 2.15. The van der Waals surface area contributed by atoms with Crippen molar-refractivity contribution in [2.24, 2.45) is 0 Å². The summed E-state index contributed by atoms with van der Waals surface area (Å²) in [6.45, 7) is 3.66. The maximum atomic E-state index is 11.8. The molecule has 4 nitrogen and oxygen atoms in total. The van der Waals surface area contributed by atoms with Crippen LogP contribution in [0.15, 0.2) is 12.1 Å². The average molecular weight is 305 g/mol. The van der Waals surface area contributed by atoms with Crippen molar-refractivity contribution in [2.45, 2.75) is 32.8 Å². The summed E-state index contributed by atoms with van der Waals surface area (Å²) in [6, 6.07) is 2.88. The van der Waals surface area contributed by atoms with E-state index in [1.807, 2.05) is 13.8 Å². The lowest BCUT2D eigenvalue weighted by Gasteiger charge is -2.14. The van der Waals surface area contributed by atoms with Gasteiger partial charge in [0, 0.05) is 12.0 Å². The molecule has 0 bridgehead atoms. The van der Waals surface area contributed by atoms with Gasteiger partial charge in [-0.1, -0.05) is 23.2 Å². The lowest BCUT2D eigenvalue weighted by molar-refractivity contribution is -0.136. The number of rotatable bonds is 6. The van der Waals surface area contributed by atoms with Crippen LogP contribution in [0.5, 0.6) is 5.75 Å². The molecule has 0 heterocycles. The van der Waals surface area contributed by atoms with Crippen LogP contribution in [0.1, 0.15) is 37.0 Å². The number of carbonyl (C=O) groups excluding carboxylic acids is 1. The molecule has 6 heteroatoms. The smallest absolute Gasteiger partial charge is 0.303 e. The van der Waals surface area contributed by atoms with E-state index in [0.717, 1.165) is 0 Å². The van der Waals surface area contributed by atoms with Gasteiger partial charge in [-0.2, -0.15) is 0 Å². The highest BCUT2D eigenvalue weighted by Crippen LogP contribution is 2.35. The molecule has 0 spiro atoms. The molecule has 1 rings (SSSR count). The number of ether oxygens (including phenoxy) is 1. The molecule has 1 N–H and O–H groups in total. The molecule has 1 aromatic carbocycles. The van der Waals surface area contributed by atoms with Crippen molar-refractivity contribution in [3.8, 4) is 5.75 Å². The fraction of sp³-hybridized carbons (Fsp3) is 0.385. The third-order valence-electron chi connectivity index (χ3n) is 2.24. The van der Waals surface area contributed by atoms with Crippen molar-refractivity contribution in [3.63, 3.8) is 0 Å². The SMILES string of the molecule is CC(C)Oc1c(Cl)cc(C(=O)CCC(=O)O)cc1Cl. The van der Waals surface area contributed by atoms with Gasteiger partial charge in [0.05, 0.1) is 22.6 Å². The van der Waals surface area contributed by atoms with Crippen LogP contribution in [0, 0.1) is 0 Å². The van der Waals surface area contributed by atoms with Crippen LogP contribution in [-0.2, 0) is 4.79 Å². The summed E-state index contributed by atoms with van der Waals surface area (Å²) in [7, 11) is 0. The molecule has 104 valence electrons. The number of ketones is 1. The Balaban J connectivity index is 2.94. The normalized spacial score (nSPS) is 10.6. The van der Waals surface area contributed by atoms with E-state index >= 15 is 0 Å². The highest BCUT2D eigenvalue weighted by atomic mass is 35.5. The topological polar surface area (TPSA) is 63.6 Å². The number of carboxylic acid groups (broad SMARTS) is 1. The van der Waals surface area contributed by atoms with E-state index in [0.29, 0.717) is 5.75 Å². The van der Waals surface area contributed by atoms with Crippen molar-refractivity contribution in [1.29, 1.82) is 0 Å². The molecule has 0 saturated carbocycles. The van der Waals surface area contributed by atoms with E-state index in [9.17, 15) is 9.59 Å². The second-order valence-electron chi connectivity index (χ2n) is 4.25. The number of carbonyl (C=O) groups is 2. The Hall–Kier alpha value is -1.26. The fourth-order valence-corrected chi connectivity index (χ4v) is 2.01. The molecule has 0 unspecified atom stereocenters. The maximum Gasteiger partial charge on any atom is 0.303 e. The second kappa shape index (κ2) is 6.78. The number of hydrogen-bond donors (Lipinski definition) is 1. The summed E-state index contributed by atoms with van der Waals surface area (Å²) in [4.78, 5) is 22.2. The summed E-state index contributed by atoms with van der Waals surface area (Å²) >= 11 is 12.0. The first-order valence-electron chi connectivity index (χ1n) is 5.72. The Labute approximate surface area is 121 Å². The van der Waals surface area contributed by atoms with Gasteiger partial charge in [-0.3, -0.25) is 9.59 Å². The maximum absolute atomic E-state index is 11.8. The Morgan fingerprint density at radius 2 is 1.74 bits per heavy atom. The monoisotopic (exact) mass is 304 g/mol. The Kier molecular flexibility index (Phi) is 5.63. The van der Waals surface area contributed by atoms with Gasteiger partial charge >= 0.3 is 5.97 Å². The van der Waals surface area contributed by atoms with Crippen molar-refractivity contribution in [3.05, 3.63) is 27.7 Å². The van der Waals surface area contributed by atoms with Gasteiger partial charge < -0.3 is 9.84 Å². The first-order valence-corrected chi connectivity index (χ1v) is 6.47. The highest BCUT2D eigenvalue weighted by molar-refractivity contribution is 6.37. The van der Waals surface area contributed by atoms with E-state index < -0.39 is 5.97 Å². The van der Waals surface area contributed by atoms with E-state index in [1.165, 1.54) is 12.1 Å². The molecule has 19 heavy (non-hydrogen) atoms. The third-order valence-corrected chi connectivity index (χ3v) is 2.80. The fourth-order valence-electron chi connectivity index (χ4n) is 1.43. The Morgan fingerprint density at radius 3 is 2.16 bits per heavy atom. The van der Waals surface area contributed by atoms with Crippen LogP contribution in [-0.4, -0.2) is 23.0 Å². The minimum atomic E-state index is -1.02. The molecule has 0 aliphatic carbocycles. The Bertz CT molecular complexity index is 474. The van der Waals surface area contributed by atoms with Crippen LogP contribution < -0.4 is 4.74 Å². The van der Waals surface area contributed by atoms with Crippen LogP contribution in [0.25, 0.3) is 0 Å². The number of aliphatic carboxylic acids is 1. The zero-order valence-corrected chi connectivity index (χ0v) is 12.1. The largest absolute Gasteiger partial charge is 0.488 e. The predicted molar refractivity (Wildman–Crippen MR) is 73.4 cm³/mol. The van der Waals surface area contributed by atoms with Gasteiger partial charge in [-0.15, -0.1) is 0 Å². The average Bonchev–Trinajstić information content (AvgIpc) is 2.30. The summed E-state index contributed by atoms with van der Waals surface area (Å²) in [5, 5.41) is 9.01. The molecule has 0 amide bonds. The van der Waals surface area contributed by atoms with Crippen LogP contribution >= 0.6 is 23.2 Å². The summed E-state index contributed by atoms with van der Waals surface area (Å²) in [5.41, 5.74) is 0.285. The zero-order chi connectivity index (χ0) is 14.6. The summed E-state index contributed by atoms with van der Waals surface area (Å²) in [5.74, 6) is -1.01. The van der Waals surface area contributed by atoms with Crippen molar-refractivity contribution in [2.75, 3.05) is 0 Å². The van der Waals surface area contributed by atoms with E-state index in [4.69, 9.17) is 33.0 Å². The van der Waals surface area contributed by atoms with E-state index in [2.05, 4.69) is 0 Å². The number of Topliss-reactive ketones (excluding diaryl/α,β-unsaturated/α-hetero) is 1. The van der Waals surface area contributed by atoms with Crippen molar-refractivity contribution in [1.82, 2.24) is 0 Å². The van der Waals surface area contributed by atoms with Gasteiger partial charge in [0.15, 0.2) is 11.5 Å². The minimum absolute atomic E-state index is 0.0909. The molecule has 0 radical (unpaired) electrons. The first-order chi connectivity index (χ1) is 8.81. The number of carboxylic acids is 1. The summed E-state index contributed by atoms with van der Waals surface area (Å²) in [6.07, 6.45) is -0.409. The lowest BCUT2D eigenvalue weighted by Crippen LogP contribution is -2.08. The number of benzene rings is 1. The van der Waals surface area contributed by atoms with Gasteiger partial charge in [0.25, 0.3) is 0 Å². The van der Waals surface area contributed by atoms with Crippen molar-refractivity contribution >= 4 is 35.0 Å². The molecule has 0 fully saturated rings. The molecule has 1 aromatic rings. The standard InChI is InChI=1S/C13H14Cl2O4/c1-7(2)19-13-9(14)5-8(6-10(13)15)11(16)3-4-12(17)18/h5-7H,3-4H2,1-2H3,(H,17,18). The number of halogens is 2. The molecular weight excluding hydrogens is 291 g/mol. The van der Waals surface area contributed by atoms with Gasteiger partial charge in [-0.05, 0) is 26.0 Å². The van der Waals surface area contributed by atoms with Gasteiger partial charge in [0.1, 0.15) is 0 Å². The van der Waals surface area contributed by atoms with Crippen LogP contribution in [0.3, 0.4) is 0 Å². The molecule has 0 aliphatic heterocycles. The lowest BCUT2D eigenvalue weighted by atomic mass is 10.1. The van der Waals surface area contributed by atoms with Crippen molar-refractivity contribution < 1.29 is 19.4 Å². The number of hydrogen-bond acceptors (Lipinski definition) is 3. The first kappa shape index (κ1) is 15.8.